The lowest BCUT2D eigenvalue weighted by Gasteiger charge is -2.44. The molecule has 1 saturated heterocycles. The van der Waals surface area contributed by atoms with Gasteiger partial charge in [-0.25, -0.2) is 4.79 Å². The molecule has 2 aromatic carbocycles. The third kappa shape index (κ3) is 8.46. The summed E-state index contributed by atoms with van der Waals surface area (Å²) in [5.74, 6) is 0.181. The Morgan fingerprint density at radius 2 is 1.90 bits per heavy atom. The number of aliphatic hydroxyl groups excluding tert-OH is 1. The van der Waals surface area contributed by atoms with E-state index in [-0.39, 0.29) is 19.3 Å². The summed E-state index contributed by atoms with van der Waals surface area (Å²) in [4.78, 5) is 21.1. The number of ether oxygens (including phenoxy) is 2. The van der Waals surface area contributed by atoms with E-state index in [9.17, 15) is 9.90 Å². The largest absolute Gasteiger partial charge is 0.491 e. The number of nitrogens with zero attached hydrogens (tertiary/aromatic N) is 3. The van der Waals surface area contributed by atoms with Crippen LogP contribution < -0.4 is 9.64 Å². The van der Waals surface area contributed by atoms with Crippen molar-refractivity contribution in [2.45, 2.75) is 29.4 Å². The predicted molar refractivity (Wildman–Crippen MR) is 169 cm³/mol. The minimum atomic E-state index is -1.28. The van der Waals surface area contributed by atoms with Gasteiger partial charge in [-0.15, -0.1) is 0 Å². The van der Waals surface area contributed by atoms with Crippen LogP contribution in [0.25, 0.3) is 0 Å². The van der Waals surface area contributed by atoms with E-state index < -0.39 is 9.58 Å². The van der Waals surface area contributed by atoms with Crippen molar-refractivity contribution < 1.29 is 24.5 Å². The predicted octanol–water partition coefficient (Wildman–Crippen LogP) is 5.86. The molecule has 220 valence electrons. The molecule has 0 amide bonds. The molecule has 1 fully saturated rings. The molecule has 1 aliphatic rings. The molecule has 3 aromatic rings. The number of anilines is 1. The van der Waals surface area contributed by atoms with E-state index in [1.807, 2.05) is 65.9 Å². The number of alkyl halides is 1. The number of rotatable bonds is 12. The van der Waals surface area contributed by atoms with Crippen molar-refractivity contribution in [3.8, 4) is 5.75 Å². The van der Waals surface area contributed by atoms with Crippen LogP contribution in [-0.4, -0.2) is 72.1 Å². The summed E-state index contributed by atoms with van der Waals surface area (Å²) < 4.78 is 9.51. The fraction of sp³-hybridized carbons (Fsp3) is 0.400. The van der Waals surface area contributed by atoms with E-state index in [1.54, 1.807) is 18.2 Å². The molecule has 0 unspecified atom stereocenters. The van der Waals surface area contributed by atoms with Gasteiger partial charge in [-0.05, 0) is 71.0 Å². The van der Waals surface area contributed by atoms with Gasteiger partial charge in [0.2, 0.25) is 0 Å². The molecule has 11 heteroatoms. The third-order valence-corrected chi connectivity index (χ3v) is 8.31. The minimum Gasteiger partial charge on any atom is -0.491 e. The molecular weight excluding hydrogens is 680 g/mol. The number of hydrogen-bond acceptors (Lipinski definition) is 8. The first kappa shape index (κ1) is 31.8. The van der Waals surface area contributed by atoms with Crippen LogP contribution in [0, 0.1) is 0 Å². The SMILES string of the molecule is CCCCOC(=O)c1ccc([C@@](O)(I)CN2CCN(c3ccc(OCCO)cc3Cl)[C@H](c3ccc(Cl)cc3)C2)nc1. The number of carbonyl (C=O) groups excluding carboxylic acids is 1. The van der Waals surface area contributed by atoms with Gasteiger partial charge in [0, 0.05) is 43.5 Å². The molecule has 4 rings (SSSR count). The van der Waals surface area contributed by atoms with Gasteiger partial charge >= 0.3 is 5.97 Å². The van der Waals surface area contributed by atoms with Gasteiger partial charge in [-0.1, -0.05) is 48.7 Å². The molecule has 0 spiro atoms. The number of piperazine rings is 1. The standard InChI is InChI=1S/C30H34Cl2IN3O5/c1-2-3-15-41-29(38)22-6-11-28(34-18-22)30(33,39)20-35-12-13-36(27(19-35)21-4-7-23(31)8-5-21)26-10-9-24(17-25(26)32)40-16-14-37/h4-11,17-18,27,37,39H,2-3,12-16,19-20H2,1H3/t27-,30+/m0/s1. The lowest BCUT2D eigenvalue weighted by Crippen LogP contribution is -2.51. The molecule has 0 saturated carbocycles. The van der Waals surface area contributed by atoms with Gasteiger partial charge in [-0.3, -0.25) is 9.88 Å². The third-order valence-electron chi connectivity index (χ3n) is 6.86. The lowest BCUT2D eigenvalue weighted by molar-refractivity contribution is 0.0498. The zero-order valence-corrected chi connectivity index (χ0v) is 26.5. The number of esters is 1. The van der Waals surface area contributed by atoms with E-state index in [0.717, 1.165) is 24.1 Å². The molecule has 0 bridgehead atoms. The highest BCUT2D eigenvalue weighted by Gasteiger charge is 2.36. The van der Waals surface area contributed by atoms with Crippen LogP contribution in [0.2, 0.25) is 10.0 Å². The average molecular weight is 714 g/mol. The average Bonchev–Trinajstić information content (AvgIpc) is 2.97. The highest BCUT2D eigenvalue weighted by Crippen LogP contribution is 2.38. The van der Waals surface area contributed by atoms with Crippen LogP contribution >= 0.6 is 45.8 Å². The Morgan fingerprint density at radius 1 is 1.12 bits per heavy atom. The van der Waals surface area contributed by atoms with Gasteiger partial charge in [0.1, 0.15) is 12.4 Å². The number of pyridine rings is 1. The molecule has 0 radical (unpaired) electrons. The van der Waals surface area contributed by atoms with Gasteiger partial charge in [-0.2, -0.15) is 0 Å². The van der Waals surface area contributed by atoms with Gasteiger partial charge < -0.3 is 24.6 Å². The Balaban J connectivity index is 1.50. The van der Waals surface area contributed by atoms with Crippen LogP contribution in [0.3, 0.4) is 0 Å². The lowest BCUT2D eigenvalue weighted by atomic mass is 10.0. The molecule has 2 atom stereocenters. The van der Waals surface area contributed by atoms with Crippen LogP contribution in [0.1, 0.15) is 47.4 Å². The highest BCUT2D eigenvalue weighted by molar-refractivity contribution is 14.1. The highest BCUT2D eigenvalue weighted by atomic mass is 127. The van der Waals surface area contributed by atoms with Crippen LogP contribution in [-0.2, 0) is 8.34 Å². The zero-order valence-electron chi connectivity index (χ0n) is 22.8. The fourth-order valence-corrected chi connectivity index (χ4v) is 5.93. The van der Waals surface area contributed by atoms with Crippen molar-refractivity contribution >= 4 is 57.4 Å². The summed E-state index contributed by atoms with van der Waals surface area (Å²) >= 11 is 14.9. The van der Waals surface area contributed by atoms with E-state index in [1.165, 1.54) is 6.20 Å². The molecule has 0 aliphatic carbocycles. The van der Waals surface area contributed by atoms with Crippen LogP contribution in [0.5, 0.6) is 5.75 Å². The quantitative estimate of drug-likeness (QED) is 0.104. The van der Waals surface area contributed by atoms with Crippen molar-refractivity contribution in [2.75, 3.05) is 50.9 Å². The Kier molecular flexibility index (Phi) is 11.5. The smallest absolute Gasteiger partial charge is 0.339 e. The molecular formula is C30H34Cl2IN3O5. The van der Waals surface area contributed by atoms with Crippen molar-refractivity contribution in [3.63, 3.8) is 0 Å². The first-order chi connectivity index (χ1) is 19.7. The first-order valence-electron chi connectivity index (χ1n) is 13.5. The van der Waals surface area contributed by atoms with E-state index >= 15 is 0 Å². The van der Waals surface area contributed by atoms with Gasteiger partial charge in [0.05, 0.1) is 41.2 Å². The number of hydrogen-bond donors (Lipinski definition) is 2. The molecule has 8 nitrogen and oxygen atoms in total. The number of unbranched alkanes of at least 4 members (excludes halogenated alkanes) is 1. The second kappa shape index (κ2) is 14.8. The Hall–Kier alpha value is -2.15. The summed E-state index contributed by atoms with van der Waals surface area (Å²) in [7, 11) is 0. The molecule has 1 aliphatic heterocycles. The van der Waals surface area contributed by atoms with Gasteiger partial charge in [0.15, 0.2) is 3.61 Å². The monoisotopic (exact) mass is 713 g/mol. The fourth-order valence-electron chi connectivity index (χ4n) is 4.73. The Morgan fingerprint density at radius 3 is 2.56 bits per heavy atom. The van der Waals surface area contributed by atoms with Crippen molar-refractivity contribution in [1.29, 1.82) is 0 Å². The van der Waals surface area contributed by atoms with Gasteiger partial charge in [0.25, 0.3) is 0 Å². The number of aromatic nitrogens is 1. The maximum atomic E-state index is 12.3. The second-order valence-electron chi connectivity index (χ2n) is 9.86. The van der Waals surface area contributed by atoms with E-state index in [0.29, 0.717) is 59.8 Å². The summed E-state index contributed by atoms with van der Waals surface area (Å²) in [6.45, 7) is 4.82. The normalized spacial score (nSPS) is 17.2. The van der Waals surface area contributed by atoms with Crippen molar-refractivity contribution in [2.24, 2.45) is 0 Å². The topological polar surface area (TPSA) is 95.4 Å². The summed E-state index contributed by atoms with van der Waals surface area (Å²) in [6, 6.07) is 16.5. The Bertz CT molecular complexity index is 1290. The summed E-state index contributed by atoms with van der Waals surface area (Å²) in [5, 5.41) is 21.7. The molecule has 2 N–H and O–H groups in total. The van der Waals surface area contributed by atoms with E-state index in [4.69, 9.17) is 37.8 Å². The zero-order chi connectivity index (χ0) is 29.4. The number of aliphatic hydroxyl groups is 2. The van der Waals surface area contributed by atoms with Crippen molar-refractivity contribution in [3.05, 3.63) is 87.7 Å². The minimum absolute atomic E-state index is 0.0665. The number of carbonyl (C=O) groups is 1. The van der Waals surface area contributed by atoms with Crippen LogP contribution in [0.4, 0.5) is 5.69 Å². The number of β-amino-alcohol motifs (C(OH)–C–C–N with tert-alkyl or cyclic N) is 1. The summed E-state index contributed by atoms with van der Waals surface area (Å²) in [6.07, 6.45) is 3.21. The maximum absolute atomic E-state index is 12.3. The first-order valence-corrected chi connectivity index (χ1v) is 15.4. The molecule has 2 heterocycles. The summed E-state index contributed by atoms with van der Waals surface area (Å²) in [5.41, 5.74) is 2.76. The number of benzene rings is 2. The molecule has 41 heavy (non-hydrogen) atoms. The van der Waals surface area contributed by atoms with E-state index in [2.05, 4.69) is 14.8 Å². The van der Waals surface area contributed by atoms with Crippen molar-refractivity contribution in [1.82, 2.24) is 9.88 Å². The maximum Gasteiger partial charge on any atom is 0.339 e. The number of halogens is 3. The molecule has 1 aromatic heterocycles. The van der Waals surface area contributed by atoms with Crippen LogP contribution in [0.15, 0.2) is 60.8 Å². The Labute approximate surface area is 264 Å². The second-order valence-corrected chi connectivity index (χ2v) is 12.5.